The van der Waals surface area contributed by atoms with Gasteiger partial charge in [-0.3, -0.25) is 8.97 Å². The molecule has 4 nitrogen and oxygen atoms in total. The van der Waals surface area contributed by atoms with E-state index in [-0.39, 0.29) is 0 Å². The molecule has 1 N–H and O–H groups in total. The fourth-order valence-corrected chi connectivity index (χ4v) is 4.00. The zero-order valence-electron chi connectivity index (χ0n) is 17.0. The smallest absolute Gasteiger partial charge is 0.220 e. The molecule has 2 aromatic heterocycles. The summed E-state index contributed by atoms with van der Waals surface area (Å²) in [6.45, 7) is 2.04. The number of rotatable bonds is 5. The summed E-state index contributed by atoms with van der Waals surface area (Å²) in [6.07, 6.45) is 7.92. The van der Waals surface area contributed by atoms with E-state index in [0.717, 1.165) is 39.6 Å². The number of allylic oxidation sites excluding steroid dienone is 2. The second kappa shape index (κ2) is 8.17. The summed E-state index contributed by atoms with van der Waals surface area (Å²) in [5, 5.41) is 3.90. The lowest BCUT2D eigenvalue weighted by atomic mass is 10.2. The summed E-state index contributed by atoms with van der Waals surface area (Å²) in [7, 11) is 0. The first-order valence-corrected chi connectivity index (χ1v) is 10.5. The average Bonchev–Trinajstić information content (AvgIpc) is 3.28. The van der Waals surface area contributed by atoms with Crippen LogP contribution in [0.15, 0.2) is 97.2 Å². The zero-order valence-corrected chi connectivity index (χ0v) is 17.8. The van der Waals surface area contributed by atoms with E-state index in [1.54, 1.807) is 0 Å². The van der Waals surface area contributed by atoms with Crippen molar-refractivity contribution < 1.29 is 0 Å². The highest BCUT2D eigenvalue weighted by molar-refractivity contribution is 6.33. The molecule has 0 bridgehead atoms. The molecular weight excluding hydrogens is 404 g/mol. The summed E-state index contributed by atoms with van der Waals surface area (Å²) < 4.78 is 4.41. The summed E-state index contributed by atoms with van der Waals surface area (Å²) >= 11 is 6.18. The number of aryl methyl sites for hydroxylation is 1. The maximum absolute atomic E-state index is 6.18. The van der Waals surface area contributed by atoms with Crippen molar-refractivity contribution in [3.05, 3.63) is 114 Å². The first kappa shape index (κ1) is 19.2. The van der Waals surface area contributed by atoms with Crippen LogP contribution in [-0.2, 0) is 0 Å². The van der Waals surface area contributed by atoms with Crippen LogP contribution in [-0.4, -0.2) is 14.0 Å². The van der Waals surface area contributed by atoms with E-state index < -0.39 is 0 Å². The van der Waals surface area contributed by atoms with Gasteiger partial charge in [-0.05, 0) is 55.5 Å². The number of hydrogen-bond acceptors (Lipinski definition) is 2. The number of nitrogens with one attached hydrogen (secondary N) is 1. The molecule has 0 atom stereocenters. The molecule has 152 valence electrons. The van der Waals surface area contributed by atoms with Gasteiger partial charge in [-0.2, -0.15) is 0 Å². The summed E-state index contributed by atoms with van der Waals surface area (Å²) in [5.74, 6) is 0.905. The van der Waals surface area contributed by atoms with Gasteiger partial charge in [0.25, 0.3) is 0 Å². The summed E-state index contributed by atoms with van der Waals surface area (Å²) in [5.41, 5.74) is 6.26. The normalized spacial score (nSPS) is 11.9. The molecule has 5 heteroatoms. The van der Waals surface area contributed by atoms with Gasteiger partial charge >= 0.3 is 0 Å². The van der Waals surface area contributed by atoms with Crippen molar-refractivity contribution in [2.24, 2.45) is 0 Å². The average molecular weight is 425 g/mol. The molecule has 0 spiro atoms. The van der Waals surface area contributed by atoms with Crippen molar-refractivity contribution in [1.82, 2.24) is 14.0 Å². The van der Waals surface area contributed by atoms with Crippen molar-refractivity contribution in [2.75, 3.05) is 5.32 Å². The Hall–Kier alpha value is -3.76. The Morgan fingerprint density at radius 1 is 0.839 bits per heavy atom. The van der Waals surface area contributed by atoms with Crippen LogP contribution < -0.4 is 5.32 Å². The quantitative estimate of drug-likeness (QED) is 0.312. The first-order valence-electron chi connectivity index (χ1n) is 10.1. The number of hydrogen-bond donors (Lipinski definition) is 1. The van der Waals surface area contributed by atoms with Gasteiger partial charge in [0.1, 0.15) is 0 Å². The number of aromatic nitrogens is 3. The van der Waals surface area contributed by atoms with E-state index in [2.05, 4.69) is 56.8 Å². The summed E-state index contributed by atoms with van der Waals surface area (Å²) in [4.78, 5) is 4.90. The van der Waals surface area contributed by atoms with Gasteiger partial charge in [-0.15, -0.1) is 0 Å². The van der Waals surface area contributed by atoms with Gasteiger partial charge < -0.3 is 5.32 Å². The molecule has 0 saturated heterocycles. The molecule has 0 aliphatic rings. The minimum atomic E-state index is 0.693. The van der Waals surface area contributed by atoms with Crippen LogP contribution in [0.4, 0.5) is 5.69 Å². The molecule has 2 heterocycles. The van der Waals surface area contributed by atoms with E-state index in [9.17, 15) is 0 Å². The molecule has 5 rings (SSSR count). The Balaban J connectivity index is 1.54. The lowest BCUT2D eigenvalue weighted by Gasteiger charge is -2.04. The van der Waals surface area contributed by atoms with Crippen LogP contribution in [0.3, 0.4) is 0 Å². The van der Waals surface area contributed by atoms with Crippen LogP contribution in [0.2, 0.25) is 5.02 Å². The lowest BCUT2D eigenvalue weighted by Crippen LogP contribution is -1.94. The number of nitrogens with zero attached hydrogens (tertiary/aromatic N) is 3. The largest absolute Gasteiger partial charge is 0.360 e. The molecular formula is C26H21ClN4. The topological polar surface area (TPSA) is 34.3 Å². The highest BCUT2D eigenvalue weighted by Crippen LogP contribution is 2.28. The molecule has 3 aromatic carbocycles. The van der Waals surface area contributed by atoms with Crippen LogP contribution in [0, 0.1) is 6.92 Å². The van der Waals surface area contributed by atoms with Crippen LogP contribution in [0.5, 0.6) is 0 Å². The minimum absolute atomic E-state index is 0.693. The van der Waals surface area contributed by atoms with E-state index in [4.69, 9.17) is 16.6 Å². The van der Waals surface area contributed by atoms with Crippen LogP contribution in [0.1, 0.15) is 11.4 Å². The predicted molar refractivity (Wildman–Crippen MR) is 130 cm³/mol. The third-order valence-electron chi connectivity index (χ3n) is 5.23. The number of fused-ring (bicyclic) bond motifs is 3. The Morgan fingerprint density at radius 3 is 2.35 bits per heavy atom. The maximum Gasteiger partial charge on any atom is 0.220 e. The third-order valence-corrected chi connectivity index (χ3v) is 5.56. The van der Waals surface area contributed by atoms with Gasteiger partial charge in [-0.25, -0.2) is 4.98 Å². The van der Waals surface area contributed by atoms with Crippen molar-refractivity contribution in [2.45, 2.75) is 6.92 Å². The predicted octanol–water partition coefficient (Wildman–Crippen LogP) is 6.88. The third kappa shape index (κ3) is 3.51. The van der Waals surface area contributed by atoms with Crippen molar-refractivity contribution in [3.8, 4) is 5.69 Å². The summed E-state index contributed by atoms with van der Waals surface area (Å²) in [6, 6.07) is 26.4. The maximum atomic E-state index is 6.18. The number of benzene rings is 3. The fraction of sp³-hybridized carbons (Fsp3) is 0.0385. The van der Waals surface area contributed by atoms with Crippen molar-refractivity contribution >= 4 is 40.2 Å². The Kier molecular flexibility index (Phi) is 5.06. The molecule has 0 aliphatic heterocycles. The molecule has 0 amide bonds. The van der Waals surface area contributed by atoms with E-state index >= 15 is 0 Å². The number of halogens is 1. The van der Waals surface area contributed by atoms with Crippen LogP contribution in [0.25, 0.3) is 28.6 Å². The highest BCUT2D eigenvalue weighted by atomic mass is 35.5. The minimum Gasteiger partial charge on any atom is -0.360 e. The molecule has 5 aromatic rings. The lowest BCUT2D eigenvalue weighted by molar-refractivity contribution is 1.09. The highest BCUT2D eigenvalue weighted by Gasteiger charge is 2.17. The molecule has 31 heavy (non-hydrogen) atoms. The second-order valence-corrected chi connectivity index (χ2v) is 7.63. The monoisotopic (exact) mass is 424 g/mol. The number of para-hydroxylation sites is 4. The van der Waals surface area contributed by atoms with Crippen LogP contribution >= 0.6 is 11.6 Å². The van der Waals surface area contributed by atoms with Gasteiger partial charge in [0.2, 0.25) is 5.78 Å². The SMILES string of the molecule is Cc1nc2n(-c3ccccc3)c3ccccc3n2c1/C=C\C=C\Nc1ccccc1Cl. The Morgan fingerprint density at radius 2 is 1.55 bits per heavy atom. The standard InChI is InChI=1S/C26H21ClN4/c1-19-23(15-9-10-18-28-22-14-6-5-13-21(22)27)31-25-17-8-7-16-24(25)30(26(31)29-19)20-11-3-2-4-12-20/h2-18,28H,1H3/b15-9-,18-10+. The fourth-order valence-electron chi connectivity index (χ4n) is 3.81. The second-order valence-electron chi connectivity index (χ2n) is 7.22. The zero-order chi connectivity index (χ0) is 21.2. The van der Waals surface area contributed by atoms with E-state index in [0.29, 0.717) is 5.02 Å². The molecule has 0 unspecified atom stereocenters. The molecule has 0 saturated carbocycles. The van der Waals surface area contributed by atoms with Crippen molar-refractivity contribution in [1.29, 1.82) is 0 Å². The van der Waals surface area contributed by atoms with Crippen molar-refractivity contribution in [3.63, 3.8) is 0 Å². The van der Waals surface area contributed by atoms with Gasteiger partial charge in [-0.1, -0.05) is 60.1 Å². The molecule has 0 aliphatic carbocycles. The Bertz CT molecular complexity index is 1420. The number of anilines is 1. The van der Waals surface area contributed by atoms with Gasteiger partial charge in [0.15, 0.2) is 0 Å². The molecule has 0 fully saturated rings. The van der Waals surface area contributed by atoms with E-state index in [1.807, 2.05) is 67.7 Å². The van der Waals surface area contributed by atoms with E-state index in [1.165, 1.54) is 0 Å². The van der Waals surface area contributed by atoms with Gasteiger partial charge in [0, 0.05) is 11.9 Å². The number of imidazole rings is 2. The van der Waals surface area contributed by atoms with Gasteiger partial charge in [0.05, 0.1) is 33.1 Å². The molecule has 0 radical (unpaired) electrons. The Labute approximate surface area is 185 Å². The first-order chi connectivity index (χ1) is 15.2.